The number of hydrogen-bond donors (Lipinski definition) is 1. The average molecular weight is 270 g/mol. The molecular weight excluding hydrogens is 240 g/mol. The Morgan fingerprint density at radius 1 is 1.32 bits per heavy atom. The third-order valence-electron chi connectivity index (χ3n) is 4.61. The lowest BCUT2D eigenvalue weighted by atomic mass is 9.84. The molecule has 0 spiro atoms. The number of ether oxygens (including phenoxy) is 2. The van der Waals surface area contributed by atoms with Crippen LogP contribution in [-0.2, 0) is 9.47 Å². The van der Waals surface area contributed by atoms with E-state index in [1.54, 1.807) is 0 Å². The first-order valence-electron chi connectivity index (χ1n) is 7.85. The maximum atomic E-state index is 6.21. The van der Waals surface area contributed by atoms with E-state index >= 15 is 0 Å². The highest BCUT2D eigenvalue weighted by atomic mass is 16.5. The fourth-order valence-electron chi connectivity index (χ4n) is 3.19. The Bertz CT molecular complexity index is 265. The fourth-order valence-corrected chi connectivity index (χ4v) is 3.19. The van der Waals surface area contributed by atoms with E-state index in [-0.39, 0.29) is 11.7 Å². The molecule has 0 bridgehead atoms. The molecule has 1 saturated carbocycles. The quantitative estimate of drug-likeness (QED) is 0.827. The van der Waals surface area contributed by atoms with Gasteiger partial charge in [0.15, 0.2) is 0 Å². The predicted octanol–water partition coefficient (Wildman–Crippen LogP) is 1.77. The van der Waals surface area contributed by atoms with Crippen molar-refractivity contribution in [1.29, 1.82) is 0 Å². The summed E-state index contributed by atoms with van der Waals surface area (Å²) in [4.78, 5) is 2.47. The first-order chi connectivity index (χ1) is 9.15. The third kappa shape index (κ3) is 4.15. The Morgan fingerprint density at radius 3 is 2.68 bits per heavy atom. The summed E-state index contributed by atoms with van der Waals surface area (Å²) in [6.07, 6.45) is 6.27. The summed E-state index contributed by atoms with van der Waals surface area (Å²) in [6.45, 7) is 8.67. The van der Waals surface area contributed by atoms with E-state index in [1.807, 2.05) is 0 Å². The van der Waals surface area contributed by atoms with Crippen molar-refractivity contribution < 1.29 is 9.47 Å². The molecule has 4 nitrogen and oxygen atoms in total. The van der Waals surface area contributed by atoms with Gasteiger partial charge >= 0.3 is 0 Å². The molecule has 0 aromatic heterocycles. The van der Waals surface area contributed by atoms with Gasteiger partial charge in [-0.2, -0.15) is 0 Å². The van der Waals surface area contributed by atoms with E-state index < -0.39 is 0 Å². The number of morpholine rings is 1. The van der Waals surface area contributed by atoms with E-state index in [9.17, 15) is 0 Å². The molecule has 1 heterocycles. The minimum Gasteiger partial charge on any atom is -0.373 e. The molecule has 0 amide bonds. The lowest BCUT2D eigenvalue weighted by molar-refractivity contribution is -0.130. The van der Waals surface area contributed by atoms with Crippen molar-refractivity contribution in [1.82, 2.24) is 4.90 Å². The van der Waals surface area contributed by atoms with E-state index in [4.69, 9.17) is 15.2 Å². The molecule has 2 rings (SSSR count). The standard InChI is InChI=1S/C15H30N2O2/c1-13(2)17-8-9-18-14(10-17)11-19-15(12-16)6-4-3-5-7-15/h13-14H,3-12,16H2,1-2H3. The van der Waals surface area contributed by atoms with Crippen LogP contribution >= 0.6 is 0 Å². The molecule has 112 valence electrons. The maximum absolute atomic E-state index is 6.21. The minimum atomic E-state index is -0.0677. The molecular formula is C15H30N2O2. The van der Waals surface area contributed by atoms with Crippen molar-refractivity contribution >= 4 is 0 Å². The van der Waals surface area contributed by atoms with Crippen LogP contribution < -0.4 is 5.73 Å². The van der Waals surface area contributed by atoms with Crippen molar-refractivity contribution in [2.45, 2.75) is 63.7 Å². The van der Waals surface area contributed by atoms with Gasteiger partial charge in [0.1, 0.15) is 0 Å². The summed E-state index contributed by atoms with van der Waals surface area (Å²) in [6, 6.07) is 0.588. The van der Waals surface area contributed by atoms with Crippen LogP contribution in [0.3, 0.4) is 0 Å². The second-order valence-corrected chi connectivity index (χ2v) is 6.34. The summed E-state index contributed by atoms with van der Waals surface area (Å²) in [5.41, 5.74) is 5.89. The lowest BCUT2D eigenvalue weighted by Crippen LogP contribution is -2.50. The molecule has 1 unspecified atom stereocenters. The molecule has 4 heteroatoms. The topological polar surface area (TPSA) is 47.7 Å². The first kappa shape index (κ1) is 15.2. The van der Waals surface area contributed by atoms with Crippen molar-refractivity contribution in [3.05, 3.63) is 0 Å². The van der Waals surface area contributed by atoms with Crippen molar-refractivity contribution in [2.24, 2.45) is 5.73 Å². The molecule has 19 heavy (non-hydrogen) atoms. The van der Waals surface area contributed by atoms with Crippen LogP contribution in [0.1, 0.15) is 46.0 Å². The van der Waals surface area contributed by atoms with Crippen LogP contribution in [0, 0.1) is 0 Å². The molecule has 1 saturated heterocycles. The Balaban J connectivity index is 1.80. The third-order valence-corrected chi connectivity index (χ3v) is 4.61. The number of nitrogens with zero attached hydrogens (tertiary/aromatic N) is 1. The Labute approximate surface area is 117 Å². The molecule has 0 aromatic carbocycles. The maximum Gasteiger partial charge on any atom is 0.0936 e. The zero-order valence-corrected chi connectivity index (χ0v) is 12.6. The van der Waals surface area contributed by atoms with Crippen LogP contribution in [-0.4, -0.2) is 55.5 Å². The highest BCUT2D eigenvalue weighted by molar-refractivity contribution is 4.86. The normalized spacial score (nSPS) is 28.7. The van der Waals surface area contributed by atoms with Crippen molar-refractivity contribution in [3.63, 3.8) is 0 Å². The number of rotatable bonds is 5. The van der Waals surface area contributed by atoms with Gasteiger partial charge in [0.2, 0.25) is 0 Å². The first-order valence-corrected chi connectivity index (χ1v) is 7.85. The fraction of sp³-hybridized carbons (Fsp3) is 1.00. The highest BCUT2D eigenvalue weighted by Gasteiger charge is 2.33. The van der Waals surface area contributed by atoms with Gasteiger partial charge in [-0.25, -0.2) is 0 Å². The minimum absolute atomic E-state index is 0.0677. The number of hydrogen-bond acceptors (Lipinski definition) is 4. The molecule has 0 radical (unpaired) electrons. The van der Waals surface area contributed by atoms with Crippen LogP contribution in [0.5, 0.6) is 0 Å². The van der Waals surface area contributed by atoms with E-state index in [0.29, 0.717) is 19.2 Å². The monoisotopic (exact) mass is 270 g/mol. The lowest BCUT2D eigenvalue weighted by Gasteiger charge is -2.40. The van der Waals surface area contributed by atoms with Gasteiger partial charge < -0.3 is 15.2 Å². The summed E-state index contributed by atoms with van der Waals surface area (Å²) in [5.74, 6) is 0. The van der Waals surface area contributed by atoms with Gasteiger partial charge in [-0.05, 0) is 26.7 Å². The Hall–Kier alpha value is -0.160. The second kappa shape index (κ2) is 7.02. The largest absolute Gasteiger partial charge is 0.373 e. The van der Waals surface area contributed by atoms with Crippen LogP contribution in [0.4, 0.5) is 0 Å². The van der Waals surface area contributed by atoms with Gasteiger partial charge in [0, 0.05) is 25.7 Å². The average Bonchev–Trinajstić information content (AvgIpc) is 2.46. The van der Waals surface area contributed by atoms with Gasteiger partial charge in [-0.15, -0.1) is 0 Å². The van der Waals surface area contributed by atoms with Crippen LogP contribution in [0.15, 0.2) is 0 Å². The molecule has 2 fully saturated rings. The summed E-state index contributed by atoms with van der Waals surface area (Å²) < 4.78 is 12.0. The molecule has 2 N–H and O–H groups in total. The van der Waals surface area contributed by atoms with Crippen molar-refractivity contribution in [3.8, 4) is 0 Å². The summed E-state index contributed by atoms with van der Waals surface area (Å²) in [5, 5.41) is 0. The zero-order valence-electron chi connectivity index (χ0n) is 12.6. The Kier molecular flexibility index (Phi) is 5.63. The molecule has 0 aromatic rings. The second-order valence-electron chi connectivity index (χ2n) is 6.34. The smallest absolute Gasteiger partial charge is 0.0936 e. The van der Waals surface area contributed by atoms with Gasteiger partial charge in [-0.1, -0.05) is 19.3 Å². The zero-order chi connectivity index (χ0) is 13.7. The molecule has 1 atom stereocenters. The SMILES string of the molecule is CC(C)N1CCOC(COC2(CN)CCCCC2)C1. The number of nitrogens with two attached hydrogens (primary N) is 1. The van der Waals surface area contributed by atoms with Crippen LogP contribution in [0.2, 0.25) is 0 Å². The van der Waals surface area contributed by atoms with Gasteiger partial charge in [0.25, 0.3) is 0 Å². The summed E-state index contributed by atoms with van der Waals surface area (Å²) in [7, 11) is 0. The van der Waals surface area contributed by atoms with Gasteiger partial charge in [0.05, 0.1) is 24.9 Å². The predicted molar refractivity (Wildman–Crippen MR) is 77.3 cm³/mol. The van der Waals surface area contributed by atoms with E-state index in [1.165, 1.54) is 19.3 Å². The van der Waals surface area contributed by atoms with Gasteiger partial charge in [-0.3, -0.25) is 4.90 Å². The highest BCUT2D eigenvalue weighted by Crippen LogP contribution is 2.31. The Morgan fingerprint density at radius 2 is 2.05 bits per heavy atom. The van der Waals surface area contributed by atoms with Crippen LogP contribution in [0.25, 0.3) is 0 Å². The van der Waals surface area contributed by atoms with E-state index in [2.05, 4.69) is 18.7 Å². The summed E-state index contributed by atoms with van der Waals surface area (Å²) >= 11 is 0. The molecule has 2 aliphatic rings. The van der Waals surface area contributed by atoms with E-state index in [0.717, 1.165) is 32.5 Å². The molecule has 1 aliphatic heterocycles. The molecule has 1 aliphatic carbocycles. The van der Waals surface area contributed by atoms with Crippen molar-refractivity contribution in [2.75, 3.05) is 32.8 Å².